The molecule has 2 rings (SSSR count). The minimum Gasteiger partial charge on any atom is -0.465 e. The summed E-state index contributed by atoms with van der Waals surface area (Å²) in [5.41, 5.74) is 0.935. The van der Waals surface area contributed by atoms with Gasteiger partial charge in [-0.05, 0) is 25.5 Å². The van der Waals surface area contributed by atoms with Crippen LogP contribution >= 0.6 is 11.3 Å². The van der Waals surface area contributed by atoms with Crippen LogP contribution in [0.1, 0.15) is 45.1 Å². The van der Waals surface area contributed by atoms with Crippen LogP contribution in [0.15, 0.2) is 17.2 Å². The van der Waals surface area contributed by atoms with Crippen molar-refractivity contribution in [2.45, 2.75) is 32.6 Å². The normalized spacial score (nSPS) is 11.5. The van der Waals surface area contributed by atoms with Crippen molar-refractivity contribution >= 4 is 44.2 Å². The molecule has 2 aromatic rings. The molecule has 0 aliphatic heterocycles. The standard InChI is InChI=1S/C20H27N3O7S2/c1-7-23(8-2)32(27,28)14-9-15(22(5)10-14)19(25)30-11-16(24)21-18-17(20(26)29-6)12(3)13(4)31-18/h9-10H,7-8,11H2,1-6H3,(H,21,24). The Bertz CT molecular complexity index is 1130. The number of esters is 2. The minimum atomic E-state index is -3.74. The zero-order chi connectivity index (χ0) is 24.2. The third kappa shape index (κ3) is 5.19. The molecule has 0 aromatic carbocycles. The van der Waals surface area contributed by atoms with Gasteiger partial charge in [-0.3, -0.25) is 4.79 Å². The second-order valence-corrected chi connectivity index (χ2v) is 10.0. The number of aryl methyl sites for hydroxylation is 2. The average molecular weight is 486 g/mol. The lowest BCUT2D eigenvalue weighted by atomic mass is 10.1. The molecule has 0 atom stereocenters. The monoisotopic (exact) mass is 485 g/mol. The van der Waals surface area contributed by atoms with Gasteiger partial charge in [0.2, 0.25) is 10.0 Å². The van der Waals surface area contributed by atoms with E-state index >= 15 is 0 Å². The van der Waals surface area contributed by atoms with E-state index in [9.17, 15) is 22.8 Å². The molecule has 1 amide bonds. The van der Waals surface area contributed by atoms with Gasteiger partial charge in [-0.15, -0.1) is 11.3 Å². The number of carbonyl (C=O) groups is 3. The largest absolute Gasteiger partial charge is 0.465 e. The number of thiophene rings is 1. The summed E-state index contributed by atoms with van der Waals surface area (Å²) in [4.78, 5) is 37.6. The molecule has 0 unspecified atom stereocenters. The zero-order valence-electron chi connectivity index (χ0n) is 18.8. The van der Waals surface area contributed by atoms with E-state index in [4.69, 9.17) is 9.47 Å². The number of aromatic nitrogens is 1. The molecule has 176 valence electrons. The molecular weight excluding hydrogens is 458 g/mol. The van der Waals surface area contributed by atoms with E-state index in [1.807, 2.05) is 0 Å². The van der Waals surface area contributed by atoms with Crippen molar-refractivity contribution in [3.63, 3.8) is 0 Å². The van der Waals surface area contributed by atoms with Gasteiger partial charge in [0.05, 0.1) is 12.7 Å². The highest BCUT2D eigenvalue weighted by molar-refractivity contribution is 7.89. The number of amides is 1. The topological polar surface area (TPSA) is 124 Å². The van der Waals surface area contributed by atoms with E-state index in [0.717, 1.165) is 4.88 Å². The van der Waals surface area contributed by atoms with Crippen LogP contribution in [0.4, 0.5) is 5.00 Å². The van der Waals surface area contributed by atoms with Crippen LogP contribution in [0.25, 0.3) is 0 Å². The Hall–Kier alpha value is -2.70. The van der Waals surface area contributed by atoms with Crippen molar-refractivity contribution < 1.29 is 32.3 Å². The number of nitrogens with one attached hydrogen (secondary N) is 1. The second kappa shape index (κ2) is 10.3. The maximum absolute atomic E-state index is 12.7. The first-order valence-corrected chi connectivity index (χ1v) is 12.0. The summed E-state index contributed by atoms with van der Waals surface area (Å²) in [5.74, 6) is -2.07. The van der Waals surface area contributed by atoms with Gasteiger partial charge >= 0.3 is 11.9 Å². The lowest BCUT2D eigenvalue weighted by Gasteiger charge is -2.17. The maximum Gasteiger partial charge on any atom is 0.355 e. The predicted octanol–water partition coefficient (Wildman–Crippen LogP) is 2.32. The Morgan fingerprint density at radius 2 is 1.78 bits per heavy atom. The summed E-state index contributed by atoms with van der Waals surface area (Å²) >= 11 is 1.21. The smallest absolute Gasteiger partial charge is 0.355 e. The summed E-state index contributed by atoms with van der Waals surface area (Å²) in [5, 5.41) is 2.87. The van der Waals surface area contributed by atoms with Crippen LogP contribution in [0.5, 0.6) is 0 Å². The van der Waals surface area contributed by atoms with Crippen molar-refractivity contribution in [2.24, 2.45) is 7.05 Å². The summed E-state index contributed by atoms with van der Waals surface area (Å²) in [6, 6.07) is 1.22. The lowest BCUT2D eigenvalue weighted by Crippen LogP contribution is -2.30. The van der Waals surface area contributed by atoms with E-state index in [1.54, 1.807) is 27.7 Å². The molecule has 0 spiro atoms. The Labute approximate surface area is 191 Å². The zero-order valence-corrected chi connectivity index (χ0v) is 20.5. The maximum atomic E-state index is 12.7. The number of anilines is 1. The van der Waals surface area contributed by atoms with Crippen LogP contribution in [0.3, 0.4) is 0 Å². The Morgan fingerprint density at radius 1 is 1.16 bits per heavy atom. The van der Waals surface area contributed by atoms with E-state index in [2.05, 4.69) is 5.32 Å². The highest BCUT2D eigenvalue weighted by atomic mass is 32.2. The predicted molar refractivity (Wildman–Crippen MR) is 120 cm³/mol. The number of carbonyl (C=O) groups excluding carboxylic acids is 3. The van der Waals surface area contributed by atoms with Gasteiger partial charge in [-0.25, -0.2) is 18.0 Å². The molecule has 0 bridgehead atoms. The molecule has 12 heteroatoms. The number of hydrogen-bond acceptors (Lipinski definition) is 8. The van der Waals surface area contributed by atoms with Crippen molar-refractivity contribution in [1.82, 2.24) is 8.87 Å². The van der Waals surface area contributed by atoms with E-state index in [0.29, 0.717) is 23.7 Å². The van der Waals surface area contributed by atoms with E-state index < -0.39 is 34.5 Å². The number of rotatable bonds is 9. The second-order valence-electron chi connectivity index (χ2n) is 6.86. The molecule has 0 aliphatic carbocycles. The molecule has 10 nitrogen and oxygen atoms in total. The van der Waals surface area contributed by atoms with Gasteiger partial charge in [0.15, 0.2) is 6.61 Å². The molecule has 0 saturated carbocycles. The number of methoxy groups -OCH3 is 1. The third-order valence-corrected chi connectivity index (χ3v) is 8.03. The first-order valence-electron chi connectivity index (χ1n) is 9.79. The van der Waals surface area contributed by atoms with Crippen molar-refractivity contribution in [3.05, 3.63) is 34.0 Å². The minimum absolute atomic E-state index is 0.0124. The van der Waals surface area contributed by atoms with Crippen LogP contribution in [0, 0.1) is 13.8 Å². The molecule has 0 fully saturated rings. The fourth-order valence-corrected chi connectivity index (χ4v) is 5.62. The van der Waals surface area contributed by atoms with E-state index in [-0.39, 0.29) is 16.2 Å². The van der Waals surface area contributed by atoms with Gasteiger partial charge < -0.3 is 19.4 Å². The first-order chi connectivity index (χ1) is 15.0. The number of ether oxygens (including phenoxy) is 2. The molecule has 2 heterocycles. The van der Waals surface area contributed by atoms with Gasteiger partial charge in [-0.1, -0.05) is 13.8 Å². The van der Waals surface area contributed by atoms with Gasteiger partial charge in [0, 0.05) is 31.2 Å². The van der Waals surface area contributed by atoms with Crippen LogP contribution < -0.4 is 5.32 Å². The molecular formula is C20H27N3O7S2. The van der Waals surface area contributed by atoms with Crippen molar-refractivity contribution in [2.75, 3.05) is 32.1 Å². The number of sulfonamides is 1. The molecule has 1 N–H and O–H groups in total. The Morgan fingerprint density at radius 3 is 2.34 bits per heavy atom. The summed E-state index contributed by atoms with van der Waals surface area (Å²) < 4.78 is 37.7. The van der Waals surface area contributed by atoms with Gasteiger partial charge in [0.1, 0.15) is 15.6 Å². The molecule has 0 saturated heterocycles. The van der Waals surface area contributed by atoms with Crippen LogP contribution in [-0.4, -0.2) is 61.9 Å². The first kappa shape index (κ1) is 25.6. The van der Waals surface area contributed by atoms with Crippen molar-refractivity contribution in [1.29, 1.82) is 0 Å². The van der Waals surface area contributed by atoms with E-state index in [1.165, 1.54) is 46.6 Å². The fourth-order valence-electron chi connectivity index (χ4n) is 3.02. The Kier molecular flexibility index (Phi) is 8.21. The molecule has 0 radical (unpaired) electrons. The summed E-state index contributed by atoms with van der Waals surface area (Å²) in [7, 11) is -0.984. The Balaban J connectivity index is 2.11. The number of nitrogens with zero attached hydrogens (tertiary/aromatic N) is 2. The summed E-state index contributed by atoms with van der Waals surface area (Å²) in [6.45, 7) is 6.97. The van der Waals surface area contributed by atoms with Gasteiger partial charge in [0.25, 0.3) is 5.91 Å². The SMILES string of the molecule is CCN(CC)S(=O)(=O)c1cc(C(=O)OCC(=O)Nc2sc(C)c(C)c2C(=O)OC)n(C)c1. The number of hydrogen-bond donors (Lipinski definition) is 1. The van der Waals surface area contributed by atoms with Crippen molar-refractivity contribution in [3.8, 4) is 0 Å². The summed E-state index contributed by atoms with van der Waals surface area (Å²) in [6.07, 6.45) is 1.32. The third-order valence-electron chi connectivity index (χ3n) is 4.89. The van der Waals surface area contributed by atoms with Crippen LogP contribution in [-0.2, 0) is 31.3 Å². The highest BCUT2D eigenvalue weighted by Crippen LogP contribution is 2.32. The molecule has 2 aromatic heterocycles. The fraction of sp³-hybridized carbons (Fsp3) is 0.450. The van der Waals surface area contributed by atoms with Crippen LogP contribution in [0.2, 0.25) is 0 Å². The molecule has 0 aliphatic rings. The van der Waals surface area contributed by atoms with Gasteiger partial charge in [-0.2, -0.15) is 4.31 Å². The molecule has 32 heavy (non-hydrogen) atoms. The average Bonchev–Trinajstić information content (AvgIpc) is 3.26. The lowest BCUT2D eigenvalue weighted by molar-refractivity contribution is -0.119. The highest BCUT2D eigenvalue weighted by Gasteiger charge is 2.26. The quantitative estimate of drug-likeness (QED) is 0.541.